The molecular formula is C9H15BO2. The van der Waals surface area contributed by atoms with Gasteiger partial charge in [0, 0.05) is 0 Å². The highest BCUT2D eigenvalue weighted by Gasteiger charge is 2.58. The van der Waals surface area contributed by atoms with Gasteiger partial charge in [-0.3, -0.25) is 0 Å². The first-order chi connectivity index (χ1) is 5.67. The fourth-order valence-electron chi connectivity index (χ4n) is 3.37. The lowest BCUT2D eigenvalue weighted by Crippen LogP contribution is -2.54. The highest BCUT2D eigenvalue weighted by atomic mass is 16.7. The smallest absolute Gasteiger partial charge is 0.405 e. The lowest BCUT2D eigenvalue weighted by Gasteiger charge is -2.52. The molecule has 1 saturated heterocycles. The minimum atomic E-state index is 0.0272. The average molecular weight is 166 g/mol. The predicted molar refractivity (Wildman–Crippen MR) is 46.8 cm³/mol. The third-order valence-electron chi connectivity index (χ3n) is 3.77. The van der Waals surface area contributed by atoms with Crippen LogP contribution in [0.5, 0.6) is 0 Å². The highest BCUT2D eigenvalue weighted by molar-refractivity contribution is 6.43. The molecule has 4 aliphatic rings. The maximum atomic E-state index is 5.83. The van der Waals surface area contributed by atoms with Crippen LogP contribution in [0.4, 0.5) is 0 Å². The van der Waals surface area contributed by atoms with E-state index >= 15 is 0 Å². The van der Waals surface area contributed by atoms with E-state index in [0.717, 1.165) is 11.8 Å². The van der Waals surface area contributed by atoms with Crippen molar-refractivity contribution in [2.24, 2.45) is 11.8 Å². The molecular weight excluding hydrogens is 151 g/mol. The number of hydrogen-bond acceptors (Lipinski definition) is 2. The molecule has 0 aromatic carbocycles. The fourth-order valence-corrected chi connectivity index (χ4v) is 3.37. The first-order valence-electron chi connectivity index (χ1n) is 5.01. The summed E-state index contributed by atoms with van der Waals surface area (Å²) in [6, 6.07) is 0. The van der Waals surface area contributed by atoms with Gasteiger partial charge in [0.2, 0.25) is 0 Å². The highest BCUT2D eigenvalue weighted by Crippen LogP contribution is 2.54. The first-order valence-corrected chi connectivity index (χ1v) is 5.01. The van der Waals surface area contributed by atoms with Gasteiger partial charge in [-0.2, -0.15) is 0 Å². The zero-order chi connectivity index (χ0) is 8.34. The summed E-state index contributed by atoms with van der Waals surface area (Å²) >= 11 is 0. The Morgan fingerprint density at radius 3 is 2.83 bits per heavy atom. The molecule has 2 bridgehead atoms. The summed E-state index contributed by atoms with van der Waals surface area (Å²) in [6.45, 7) is 4.24. The van der Waals surface area contributed by atoms with Crippen molar-refractivity contribution >= 4 is 7.12 Å². The lowest BCUT2D eigenvalue weighted by molar-refractivity contribution is -0.100. The van der Waals surface area contributed by atoms with Gasteiger partial charge in [0.15, 0.2) is 0 Å². The van der Waals surface area contributed by atoms with E-state index in [9.17, 15) is 0 Å². The monoisotopic (exact) mass is 166 g/mol. The quantitative estimate of drug-likeness (QED) is 0.510. The second kappa shape index (κ2) is 2.07. The maximum absolute atomic E-state index is 5.83. The molecule has 0 N–H and O–H groups in total. The van der Waals surface area contributed by atoms with Crippen molar-refractivity contribution in [1.29, 1.82) is 0 Å². The summed E-state index contributed by atoms with van der Waals surface area (Å²) in [7, 11) is 0.0272. The van der Waals surface area contributed by atoms with E-state index < -0.39 is 0 Å². The topological polar surface area (TPSA) is 18.5 Å². The van der Waals surface area contributed by atoms with Crippen molar-refractivity contribution < 1.29 is 9.31 Å². The molecule has 1 heterocycles. The Hall–Kier alpha value is -0.0151. The van der Waals surface area contributed by atoms with Crippen LogP contribution in [0.2, 0.25) is 6.82 Å². The van der Waals surface area contributed by atoms with E-state index in [2.05, 4.69) is 6.92 Å². The molecule has 12 heavy (non-hydrogen) atoms. The third-order valence-corrected chi connectivity index (χ3v) is 3.77. The van der Waals surface area contributed by atoms with Gasteiger partial charge in [-0.15, -0.1) is 0 Å². The van der Waals surface area contributed by atoms with Gasteiger partial charge in [0.05, 0.1) is 11.7 Å². The molecule has 0 spiro atoms. The first kappa shape index (κ1) is 7.39. The molecule has 0 aromatic heterocycles. The van der Waals surface area contributed by atoms with Crippen LogP contribution in [0, 0.1) is 11.8 Å². The van der Waals surface area contributed by atoms with Crippen LogP contribution in [0.25, 0.3) is 0 Å². The van der Waals surface area contributed by atoms with E-state index in [0.29, 0.717) is 6.10 Å². The van der Waals surface area contributed by atoms with E-state index in [-0.39, 0.29) is 12.7 Å². The Bertz CT molecular complexity index is 215. The van der Waals surface area contributed by atoms with Crippen molar-refractivity contribution in [2.75, 3.05) is 0 Å². The Labute approximate surface area is 73.8 Å². The summed E-state index contributed by atoms with van der Waals surface area (Å²) < 4.78 is 11.6. The van der Waals surface area contributed by atoms with E-state index in [1.54, 1.807) is 0 Å². The Balaban J connectivity index is 1.89. The molecule has 4 rings (SSSR count). The fraction of sp³-hybridized carbons (Fsp3) is 1.00. The largest absolute Gasteiger partial charge is 0.454 e. The van der Waals surface area contributed by atoms with Gasteiger partial charge < -0.3 is 9.31 Å². The van der Waals surface area contributed by atoms with Crippen molar-refractivity contribution in [1.82, 2.24) is 0 Å². The third kappa shape index (κ3) is 0.788. The Morgan fingerprint density at radius 2 is 2.17 bits per heavy atom. The summed E-state index contributed by atoms with van der Waals surface area (Å²) in [5, 5.41) is 0. The molecule has 0 unspecified atom stereocenters. The van der Waals surface area contributed by atoms with Gasteiger partial charge >= 0.3 is 7.12 Å². The van der Waals surface area contributed by atoms with Gasteiger partial charge in [0.25, 0.3) is 0 Å². The molecule has 3 heteroatoms. The van der Waals surface area contributed by atoms with Gasteiger partial charge in [0.1, 0.15) is 0 Å². The van der Waals surface area contributed by atoms with Crippen LogP contribution < -0.4 is 0 Å². The minimum Gasteiger partial charge on any atom is -0.405 e. The predicted octanol–water partition coefficient (Wildman–Crippen LogP) is 1.71. The van der Waals surface area contributed by atoms with Gasteiger partial charge in [-0.1, -0.05) is 0 Å². The second-order valence-corrected chi connectivity index (χ2v) is 4.86. The summed E-state index contributed by atoms with van der Waals surface area (Å²) in [5.41, 5.74) is 0.0608. The van der Waals surface area contributed by atoms with E-state index in [4.69, 9.17) is 9.31 Å². The molecule has 4 fully saturated rings. The van der Waals surface area contributed by atoms with E-state index in [1.165, 1.54) is 19.3 Å². The standard InChI is InChI=1S/C9H15BO2/c1-9-5-6-3-7(4-6)8(9)11-10(2)12-9/h6-8H,3-5H2,1-2H3/t6-,7+,8-,9+/m1/s1. The van der Waals surface area contributed by atoms with Crippen LogP contribution >= 0.6 is 0 Å². The van der Waals surface area contributed by atoms with Gasteiger partial charge in [-0.05, 0) is 44.8 Å². The second-order valence-electron chi connectivity index (χ2n) is 4.86. The molecule has 0 radical (unpaired) electrons. The SMILES string of the molecule is CB1O[C@@H]2[C@H]3C[C@@H](C[C@]2(C)O1)C3. The molecule has 2 atom stereocenters. The Morgan fingerprint density at radius 1 is 1.42 bits per heavy atom. The minimum absolute atomic E-state index is 0.0272. The van der Waals surface area contributed by atoms with Crippen molar-refractivity contribution in [3.8, 4) is 0 Å². The van der Waals surface area contributed by atoms with Crippen LogP contribution in [0.15, 0.2) is 0 Å². The average Bonchev–Trinajstić information content (AvgIpc) is 2.19. The van der Waals surface area contributed by atoms with Crippen LogP contribution in [-0.2, 0) is 9.31 Å². The van der Waals surface area contributed by atoms with Crippen LogP contribution in [0.3, 0.4) is 0 Å². The summed E-state index contributed by atoms with van der Waals surface area (Å²) in [5.74, 6) is 1.74. The Kier molecular flexibility index (Phi) is 1.28. The zero-order valence-corrected chi connectivity index (χ0v) is 7.75. The molecule has 66 valence electrons. The van der Waals surface area contributed by atoms with Crippen LogP contribution in [-0.4, -0.2) is 18.8 Å². The lowest BCUT2D eigenvalue weighted by atomic mass is 9.58. The molecule has 2 nitrogen and oxygen atoms in total. The van der Waals surface area contributed by atoms with Crippen molar-refractivity contribution in [3.05, 3.63) is 0 Å². The zero-order valence-electron chi connectivity index (χ0n) is 7.75. The van der Waals surface area contributed by atoms with Crippen molar-refractivity contribution in [2.45, 2.75) is 44.7 Å². The van der Waals surface area contributed by atoms with Crippen molar-refractivity contribution in [3.63, 3.8) is 0 Å². The van der Waals surface area contributed by atoms with Gasteiger partial charge in [-0.25, -0.2) is 0 Å². The maximum Gasteiger partial charge on any atom is 0.454 e. The summed E-state index contributed by atoms with van der Waals surface area (Å²) in [6.07, 6.45) is 4.39. The number of hydrogen-bond donors (Lipinski definition) is 0. The molecule has 0 amide bonds. The molecule has 0 aromatic rings. The molecule has 3 aliphatic carbocycles. The molecule has 3 saturated carbocycles. The summed E-state index contributed by atoms with van der Waals surface area (Å²) in [4.78, 5) is 0. The van der Waals surface area contributed by atoms with E-state index in [1.807, 2.05) is 6.82 Å². The number of rotatable bonds is 0. The normalized spacial score (nSPS) is 56.5. The molecule has 1 aliphatic heterocycles. The van der Waals surface area contributed by atoms with Crippen LogP contribution in [0.1, 0.15) is 26.2 Å².